The molecule has 1 heterocycles. The molecule has 0 atom stereocenters. The Bertz CT molecular complexity index is 789. The van der Waals surface area contributed by atoms with Gasteiger partial charge in [-0.25, -0.2) is 14.6 Å². The molecule has 0 bridgehead atoms. The standard InChI is InChI=1S/C18H15NO4/c1-12-5-7-13(8-6-12)15(11-18(22)23)16-4-2-3-14(19-16)9-10-17(20)21/h2-11H,1H3,(H,20,21)(H,22,23)/b10-9+,15-11+. The van der Waals surface area contributed by atoms with Crippen molar-refractivity contribution in [3.05, 3.63) is 77.1 Å². The fourth-order valence-electron chi connectivity index (χ4n) is 2.01. The highest BCUT2D eigenvalue weighted by Gasteiger charge is 2.09. The molecule has 2 N–H and O–H groups in total. The highest BCUT2D eigenvalue weighted by atomic mass is 16.4. The molecule has 0 unspecified atom stereocenters. The van der Waals surface area contributed by atoms with Gasteiger partial charge < -0.3 is 10.2 Å². The number of pyridine rings is 1. The summed E-state index contributed by atoms with van der Waals surface area (Å²) in [5.74, 6) is -2.15. The van der Waals surface area contributed by atoms with Gasteiger partial charge in [-0.15, -0.1) is 0 Å². The molecule has 0 amide bonds. The quantitative estimate of drug-likeness (QED) is 0.829. The first-order chi connectivity index (χ1) is 11.0. The van der Waals surface area contributed by atoms with Gasteiger partial charge in [0.2, 0.25) is 0 Å². The Morgan fingerprint density at radius 1 is 1.00 bits per heavy atom. The molecule has 1 aromatic carbocycles. The molecule has 0 aliphatic rings. The number of hydrogen-bond acceptors (Lipinski definition) is 3. The van der Waals surface area contributed by atoms with E-state index in [-0.39, 0.29) is 0 Å². The van der Waals surface area contributed by atoms with Crippen molar-refractivity contribution in [1.82, 2.24) is 4.98 Å². The molecule has 116 valence electrons. The van der Waals surface area contributed by atoms with E-state index in [9.17, 15) is 9.59 Å². The summed E-state index contributed by atoms with van der Waals surface area (Å²) in [7, 11) is 0. The topological polar surface area (TPSA) is 87.5 Å². The molecule has 0 spiro atoms. The van der Waals surface area contributed by atoms with Gasteiger partial charge in [0, 0.05) is 17.7 Å². The Labute approximate surface area is 133 Å². The summed E-state index contributed by atoms with van der Waals surface area (Å²) in [6, 6.07) is 12.5. The van der Waals surface area contributed by atoms with E-state index in [4.69, 9.17) is 10.2 Å². The summed E-state index contributed by atoms with van der Waals surface area (Å²) in [4.78, 5) is 26.0. The zero-order valence-corrected chi connectivity index (χ0v) is 12.4. The smallest absolute Gasteiger partial charge is 0.329 e. The number of benzene rings is 1. The summed E-state index contributed by atoms with van der Waals surface area (Å²) in [5.41, 5.74) is 3.15. The second kappa shape index (κ2) is 7.17. The normalized spacial score (nSPS) is 11.6. The van der Waals surface area contributed by atoms with Gasteiger partial charge in [0.05, 0.1) is 11.4 Å². The molecule has 2 rings (SSSR count). The minimum Gasteiger partial charge on any atom is -0.478 e. The molecule has 23 heavy (non-hydrogen) atoms. The van der Waals surface area contributed by atoms with Crippen LogP contribution in [-0.2, 0) is 9.59 Å². The molecule has 0 aliphatic heterocycles. The Kier molecular flexibility index (Phi) is 5.04. The number of aromatic nitrogens is 1. The molecule has 2 aromatic rings. The van der Waals surface area contributed by atoms with Crippen LogP contribution >= 0.6 is 0 Å². The summed E-state index contributed by atoms with van der Waals surface area (Å²) in [5, 5.41) is 17.8. The lowest BCUT2D eigenvalue weighted by Gasteiger charge is -2.08. The van der Waals surface area contributed by atoms with Crippen LogP contribution in [0.3, 0.4) is 0 Å². The van der Waals surface area contributed by atoms with Crippen molar-refractivity contribution < 1.29 is 19.8 Å². The summed E-state index contributed by atoms with van der Waals surface area (Å²) in [6.07, 6.45) is 3.44. The van der Waals surface area contributed by atoms with Crippen LogP contribution in [0.5, 0.6) is 0 Å². The number of carboxylic acids is 2. The van der Waals surface area contributed by atoms with E-state index < -0.39 is 11.9 Å². The average Bonchev–Trinajstić information content (AvgIpc) is 2.52. The lowest BCUT2D eigenvalue weighted by Crippen LogP contribution is -1.98. The van der Waals surface area contributed by atoms with Crippen LogP contribution in [0.15, 0.2) is 54.6 Å². The molecule has 0 radical (unpaired) electrons. The molecular weight excluding hydrogens is 294 g/mol. The first-order valence-electron chi connectivity index (χ1n) is 6.86. The Hall–Kier alpha value is -3.21. The van der Waals surface area contributed by atoms with Crippen LogP contribution in [0.4, 0.5) is 0 Å². The molecule has 0 fully saturated rings. The summed E-state index contributed by atoms with van der Waals surface area (Å²) < 4.78 is 0. The summed E-state index contributed by atoms with van der Waals surface area (Å²) in [6.45, 7) is 1.94. The van der Waals surface area contributed by atoms with Crippen molar-refractivity contribution in [2.75, 3.05) is 0 Å². The average molecular weight is 309 g/mol. The number of rotatable bonds is 5. The highest BCUT2D eigenvalue weighted by molar-refractivity contribution is 5.94. The zero-order chi connectivity index (χ0) is 16.8. The number of aryl methyl sites for hydroxylation is 1. The van der Waals surface area contributed by atoms with Crippen molar-refractivity contribution >= 4 is 23.6 Å². The molecule has 1 aromatic heterocycles. The molecule has 0 saturated carbocycles. The maximum atomic E-state index is 11.1. The lowest BCUT2D eigenvalue weighted by atomic mass is 10.0. The molecular formula is C18H15NO4. The SMILES string of the molecule is Cc1ccc(/C(=C\C(=O)O)c2cccc(/C=C/C(=O)O)n2)cc1. The third-order valence-corrected chi connectivity index (χ3v) is 3.07. The van der Waals surface area contributed by atoms with Gasteiger partial charge in [-0.05, 0) is 30.7 Å². The number of carboxylic acid groups (broad SMARTS) is 2. The van der Waals surface area contributed by atoms with Gasteiger partial charge >= 0.3 is 11.9 Å². The Balaban J connectivity index is 2.48. The van der Waals surface area contributed by atoms with E-state index in [1.165, 1.54) is 6.08 Å². The van der Waals surface area contributed by atoms with Gasteiger partial charge in [0.15, 0.2) is 0 Å². The van der Waals surface area contributed by atoms with Crippen LogP contribution in [0.1, 0.15) is 22.5 Å². The van der Waals surface area contributed by atoms with Gasteiger partial charge in [0.1, 0.15) is 0 Å². The maximum absolute atomic E-state index is 11.1. The first kappa shape index (κ1) is 16.2. The van der Waals surface area contributed by atoms with Crippen LogP contribution in [0.25, 0.3) is 11.6 Å². The lowest BCUT2D eigenvalue weighted by molar-refractivity contribution is -0.132. The third kappa shape index (κ3) is 4.64. The van der Waals surface area contributed by atoms with E-state index in [1.807, 2.05) is 31.2 Å². The minimum absolute atomic E-state index is 0.438. The first-order valence-corrected chi connectivity index (χ1v) is 6.86. The van der Waals surface area contributed by atoms with Gasteiger partial charge in [-0.3, -0.25) is 0 Å². The fraction of sp³-hybridized carbons (Fsp3) is 0.0556. The molecule has 5 nitrogen and oxygen atoms in total. The highest BCUT2D eigenvalue weighted by Crippen LogP contribution is 2.22. The predicted octanol–water partition coefficient (Wildman–Crippen LogP) is 3.00. The van der Waals surface area contributed by atoms with Crippen molar-refractivity contribution in [3.63, 3.8) is 0 Å². The number of aliphatic carboxylic acids is 2. The third-order valence-electron chi connectivity index (χ3n) is 3.07. The largest absolute Gasteiger partial charge is 0.478 e. The molecule has 0 aliphatic carbocycles. The molecule has 5 heteroatoms. The van der Waals surface area contributed by atoms with E-state index in [1.54, 1.807) is 18.2 Å². The number of hydrogen-bond donors (Lipinski definition) is 2. The van der Waals surface area contributed by atoms with Crippen molar-refractivity contribution in [3.8, 4) is 0 Å². The minimum atomic E-state index is -1.08. The second-order valence-electron chi connectivity index (χ2n) is 4.88. The Morgan fingerprint density at radius 3 is 2.30 bits per heavy atom. The van der Waals surface area contributed by atoms with E-state index in [2.05, 4.69) is 4.98 Å². The van der Waals surface area contributed by atoms with Crippen molar-refractivity contribution in [1.29, 1.82) is 0 Å². The van der Waals surface area contributed by atoms with Crippen LogP contribution in [0.2, 0.25) is 0 Å². The monoisotopic (exact) mass is 309 g/mol. The van der Waals surface area contributed by atoms with Gasteiger partial charge in [0.25, 0.3) is 0 Å². The number of nitrogens with zero attached hydrogens (tertiary/aromatic N) is 1. The van der Waals surface area contributed by atoms with E-state index in [0.29, 0.717) is 17.0 Å². The van der Waals surface area contributed by atoms with Crippen molar-refractivity contribution in [2.45, 2.75) is 6.92 Å². The Morgan fingerprint density at radius 2 is 1.70 bits per heavy atom. The van der Waals surface area contributed by atoms with Gasteiger partial charge in [-0.1, -0.05) is 35.9 Å². The van der Waals surface area contributed by atoms with Crippen LogP contribution < -0.4 is 0 Å². The van der Waals surface area contributed by atoms with Crippen LogP contribution in [-0.4, -0.2) is 27.1 Å². The van der Waals surface area contributed by atoms with Gasteiger partial charge in [-0.2, -0.15) is 0 Å². The summed E-state index contributed by atoms with van der Waals surface area (Å²) >= 11 is 0. The van der Waals surface area contributed by atoms with E-state index in [0.717, 1.165) is 23.3 Å². The van der Waals surface area contributed by atoms with E-state index >= 15 is 0 Å². The predicted molar refractivity (Wildman–Crippen MR) is 86.8 cm³/mol. The molecule has 0 saturated heterocycles. The number of carbonyl (C=O) groups is 2. The second-order valence-corrected chi connectivity index (χ2v) is 4.88. The fourth-order valence-corrected chi connectivity index (χ4v) is 2.01. The zero-order valence-electron chi connectivity index (χ0n) is 12.4. The van der Waals surface area contributed by atoms with Crippen molar-refractivity contribution in [2.24, 2.45) is 0 Å². The van der Waals surface area contributed by atoms with Crippen LogP contribution in [0, 0.1) is 6.92 Å². The maximum Gasteiger partial charge on any atom is 0.329 e.